The summed E-state index contributed by atoms with van der Waals surface area (Å²) >= 11 is 0. The highest BCUT2D eigenvalue weighted by molar-refractivity contribution is 5.53. The van der Waals surface area contributed by atoms with Crippen LogP contribution in [0, 0.1) is 0 Å². The molecular formula is C14H17N3. The molecule has 0 spiro atoms. The van der Waals surface area contributed by atoms with Crippen molar-refractivity contribution >= 4 is 11.4 Å². The van der Waals surface area contributed by atoms with Gasteiger partial charge in [-0.05, 0) is 18.1 Å². The van der Waals surface area contributed by atoms with Crippen molar-refractivity contribution in [3.8, 4) is 0 Å². The summed E-state index contributed by atoms with van der Waals surface area (Å²) in [5.74, 6) is 0. The van der Waals surface area contributed by atoms with Crippen molar-refractivity contribution in [3.05, 3.63) is 54.4 Å². The van der Waals surface area contributed by atoms with Crippen molar-refractivity contribution in [2.24, 2.45) is 0 Å². The van der Waals surface area contributed by atoms with E-state index in [1.807, 2.05) is 25.5 Å². The van der Waals surface area contributed by atoms with Gasteiger partial charge < -0.3 is 10.6 Å². The summed E-state index contributed by atoms with van der Waals surface area (Å²) in [4.78, 5) is 4.16. The van der Waals surface area contributed by atoms with Crippen molar-refractivity contribution < 1.29 is 0 Å². The number of aromatic nitrogens is 1. The average molecular weight is 227 g/mol. The first-order valence-corrected chi connectivity index (χ1v) is 5.79. The summed E-state index contributed by atoms with van der Waals surface area (Å²) in [5.41, 5.74) is 3.42. The van der Waals surface area contributed by atoms with Crippen LogP contribution < -0.4 is 10.6 Å². The summed E-state index contributed by atoms with van der Waals surface area (Å²) < 4.78 is 0. The maximum atomic E-state index is 4.16. The zero-order chi connectivity index (χ0) is 11.9. The molecule has 0 radical (unpaired) electrons. The Kier molecular flexibility index (Phi) is 3.97. The number of rotatable bonds is 5. The van der Waals surface area contributed by atoms with Gasteiger partial charge in [0, 0.05) is 13.6 Å². The Morgan fingerprint density at radius 1 is 1.06 bits per heavy atom. The third-order valence-corrected chi connectivity index (χ3v) is 2.61. The fourth-order valence-electron chi connectivity index (χ4n) is 1.67. The molecule has 3 heteroatoms. The third kappa shape index (κ3) is 3.48. The van der Waals surface area contributed by atoms with Crippen LogP contribution in [-0.2, 0) is 6.42 Å². The topological polar surface area (TPSA) is 37.0 Å². The first-order valence-electron chi connectivity index (χ1n) is 5.79. The molecule has 17 heavy (non-hydrogen) atoms. The summed E-state index contributed by atoms with van der Waals surface area (Å²) in [5, 5.41) is 6.44. The lowest BCUT2D eigenvalue weighted by Gasteiger charge is -2.07. The van der Waals surface area contributed by atoms with Crippen molar-refractivity contribution in [2.45, 2.75) is 6.42 Å². The van der Waals surface area contributed by atoms with E-state index in [1.165, 1.54) is 5.56 Å². The molecule has 2 N–H and O–H groups in total. The Hall–Kier alpha value is -2.03. The Bertz CT molecular complexity index is 454. The van der Waals surface area contributed by atoms with Crippen molar-refractivity contribution in [1.29, 1.82) is 0 Å². The van der Waals surface area contributed by atoms with Gasteiger partial charge in [0.05, 0.1) is 23.8 Å². The van der Waals surface area contributed by atoms with Gasteiger partial charge in [-0.25, -0.2) is 0 Å². The Labute approximate surface area is 102 Å². The van der Waals surface area contributed by atoms with Gasteiger partial charge in [0.15, 0.2) is 0 Å². The van der Waals surface area contributed by atoms with Gasteiger partial charge in [0.2, 0.25) is 0 Å². The monoisotopic (exact) mass is 227 g/mol. The number of anilines is 2. The summed E-state index contributed by atoms with van der Waals surface area (Å²) in [6.45, 7) is 0.916. The Morgan fingerprint density at radius 3 is 2.59 bits per heavy atom. The molecule has 0 unspecified atom stereocenters. The second-order valence-electron chi connectivity index (χ2n) is 3.87. The van der Waals surface area contributed by atoms with Gasteiger partial charge >= 0.3 is 0 Å². The molecule has 3 nitrogen and oxygen atoms in total. The van der Waals surface area contributed by atoms with Crippen LogP contribution in [0.5, 0.6) is 0 Å². The summed E-state index contributed by atoms with van der Waals surface area (Å²) in [7, 11) is 1.89. The maximum Gasteiger partial charge on any atom is 0.0547 e. The van der Waals surface area contributed by atoms with Gasteiger partial charge in [0.1, 0.15) is 0 Å². The van der Waals surface area contributed by atoms with Crippen LogP contribution in [0.15, 0.2) is 48.8 Å². The predicted molar refractivity (Wildman–Crippen MR) is 72.4 cm³/mol. The van der Waals surface area contributed by atoms with Gasteiger partial charge in [-0.1, -0.05) is 30.3 Å². The molecule has 0 aliphatic heterocycles. The van der Waals surface area contributed by atoms with Crippen LogP contribution in [0.3, 0.4) is 0 Å². The highest BCUT2D eigenvalue weighted by Gasteiger charge is 1.95. The number of pyridine rings is 1. The molecule has 88 valence electrons. The fourth-order valence-corrected chi connectivity index (χ4v) is 1.67. The molecular weight excluding hydrogens is 210 g/mol. The molecule has 0 aliphatic carbocycles. The van der Waals surface area contributed by atoms with E-state index in [0.717, 1.165) is 24.3 Å². The van der Waals surface area contributed by atoms with E-state index in [-0.39, 0.29) is 0 Å². The van der Waals surface area contributed by atoms with Gasteiger partial charge in [-0.15, -0.1) is 0 Å². The molecule has 2 rings (SSSR count). The zero-order valence-corrected chi connectivity index (χ0v) is 9.98. The first-order chi connectivity index (χ1) is 8.38. The van der Waals surface area contributed by atoms with E-state index in [2.05, 4.69) is 45.9 Å². The van der Waals surface area contributed by atoms with Gasteiger partial charge in [0.25, 0.3) is 0 Å². The Balaban J connectivity index is 1.86. The minimum atomic E-state index is 0.916. The third-order valence-electron chi connectivity index (χ3n) is 2.61. The highest BCUT2D eigenvalue weighted by Crippen LogP contribution is 2.12. The average Bonchev–Trinajstić information content (AvgIpc) is 2.40. The quantitative estimate of drug-likeness (QED) is 0.824. The standard InChI is InChI=1S/C14H17N3/c1-15-13-9-14(11-16-10-13)17-8-7-12-5-3-2-4-6-12/h2-6,9-11,15,17H,7-8H2,1H3. The lowest BCUT2D eigenvalue weighted by atomic mass is 10.1. The van der Waals surface area contributed by atoms with E-state index >= 15 is 0 Å². The van der Waals surface area contributed by atoms with E-state index in [9.17, 15) is 0 Å². The van der Waals surface area contributed by atoms with Crippen LogP contribution in [0.2, 0.25) is 0 Å². The normalized spacial score (nSPS) is 9.94. The summed E-state index contributed by atoms with van der Waals surface area (Å²) in [6, 6.07) is 12.5. The number of benzene rings is 1. The highest BCUT2D eigenvalue weighted by atomic mass is 14.9. The van der Waals surface area contributed by atoms with Crippen LogP contribution >= 0.6 is 0 Å². The van der Waals surface area contributed by atoms with Crippen LogP contribution in [0.1, 0.15) is 5.56 Å². The van der Waals surface area contributed by atoms with Crippen molar-refractivity contribution in [3.63, 3.8) is 0 Å². The van der Waals surface area contributed by atoms with Gasteiger partial charge in [-0.3, -0.25) is 4.98 Å². The molecule has 1 heterocycles. The fraction of sp³-hybridized carbons (Fsp3) is 0.214. The molecule has 1 aromatic heterocycles. The molecule has 0 saturated carbocycles. The second-order valence-corrected chi connectivity index (χ2v) is 3.87. The number of nitrogens with zero attached hydrogens (tertiary/aromatic N) is 1. The summed E-state index contributed by atoms with van der Waals surface area (Å²) in [6.07, 6.45) is 4.67. The first kappa shape index (κ1) is 11.5. The number of hydrogen-bond acceptors (Lipinski definition) is 3. The Morgan fingerprint density at radius 2 is 1.82 bits per heavy atom. The predicted octanol–water partition coefficient (Wildman–Crippen LogP) is 2.78. The molecule has 1 aromatic carbocycles. The molecule has 0 atom stereocenters. The lowest BCUT2D eigenvalue weighted by molar-refractivity contribution is 1.02. The minimum Gasteiger partial charge on any atom is -0.387 e. The lowest BCUT2D eigenvalue weighted by Crippen LogP contribution is -2.05. The molecule has 0 amide bonds. The second kappa shape index (κ2) is 5.89. The number of nitrogens with one attached hydrogen (secondary N) is 2. The largest absolute Gasteiger partial charge is 0.387 e. The van der Waals surface area contributed by atoms with E-state index in [4.69, 9.17) is 0 Å². The smallest absolute Gasteiger partial charge is 0.0547 e. The molecule has 2 aromatic rings. The van der Waals surface area contributed by atoms with E-state index < -0.39 is 0 Å². The molecule has 0 bridgehead atoms. The van der Waals surface area contributed by atoms with Crippen molar-refractivity contribution in [2.75, 3.05) is 24.2 Å². The van der Waals surface area contributed by atoms with E-state index in [1.54, 1.807) is 0 Å². The number of hydrogen-bond donors (Lipinski definition) is 2. The molecule has 0 aliphatic rings. The van der Waals surface area contributed by atoms with Gasteiger partial charge in [-0.2, -0.15) is 0 Å². The maximum absolute atomic E-state index is 4.16. The van der Waals surface area contributed by atoms with Crippen molar-refractivity contribution in [1.82, 2.24) is 4.98 Å². The SMILES string of the molecule is CNc1cncc(NCCc2ccccc2)c1. The van der Waals surface area contributed by atoms with Crippen LogP contribution in [0.25, 0.3) is 0 Å². The van der Waals surface area contributed by atoms with Crippen LogP contribution in [-0.4, -0.2) is 18.6 Å². The minimum absolute atomic E-state index is 0.916. The molecule has 0 saturated heterocycles. The van der Waals surface area contributed by atoms with E-state index in [0.29, 0.717) is 0 Å². The zero-order valence-electron chi connectivity index (χ0n) is 9.98. The molecule has 0 fully saturated rings. The van der Waals surface area contributed by atoms with Crippen LogP contribution in [0.4, 0.5) is 11.4 Å².